The summed E-state index contributed by atoms with van der Waals surface area (Å²) in [4.78, 5) is 12.9. The average Bonchev–Trinajstić information content (AvgIpc) is 3.22. The zero-order valence-corrected chi connectivity index (χ0v) is 15.1. The van der Waals surface area contributed by atoms with Crippen LogP contribution in [0, 0.1) is 0 Å². The summed E-state index contributed by atoms with van der Waals surface area (Å²) in [6, 6.07) is 14.7. The van der Waals surface area contributed by atoms with Gasteiger partial charge in [-0.3, -0.25) is 15.1 Å². The van der Waals surface area contributed by atoms with Crippen molar-refractivity contribution in [2.24, 2.45) is 0 Å². The Morgan fingerprint density at radius 1 is 1.19 bits per heavy atom. The molecule has 0 aliphatic carbocycles. The van der Waals surface area contributed by atoms with E-state index in [2.05, 4.69) is 25.9 Å². The highest BCUT2D eigenvalue weighted by Crippen LogP contribution is 2.23. The number of carbonyl (C=O) groups is 1. The van der Waals surface area contributed by atoms with Crippen LogP contribution in [0.1, 0.15) is 24.2 Å². The van der Waals surface area contributed by atoms with Gasteiger partial charge in [0.2, 0.25) is 5.91 Å². The lowest BCUT2D eigenvalue weighted by molar-refractivity contribution is -0.117. The van der Waals surface area contributed by atoms with Crippen molar-refractivity contribution in [2.75, 3.05) is 19.0 Å². The summed E-state index contributed by atoms with van der Waals surface area (Å²) in [5.74, 6) is 0.880. The number of hydrogen-bond donors (Lipinski definition) is 1. The lowest BCUT2D eigenvalue weighted by Gasteiger charge is -2.17. The fourth-order valence-corrected chi connectivity index (χ4v) is 2.66. The highest BCUT2D eigenvalue weighted by Gasteiger charge is 2.21. The van der Waals surface area contributed by atoms with Gasteiger partial charge in [0.15, 0.2) is 0 Å². The molecule has 140 valence electrons. The van der Waals surface area contributed by atoms with Crippen LogP contribution in [0.3, 0.4) is 0 Å². The van der Waals surface area contributed by atoms with Gasteiger partial charge in [0, 0.05) is 11.5 Å². The molecule has 0 saturated heterocycles. The third-order valence-corrected chi connectivity index (χ3v) is 3.97. The number of hydrogen-bond acceptors (Lipinski definition) is 6. The summed E-state index contributed by atoms with van der Waals surface area (Å²) in [6.07, 6.45) is 0.396. The van der Waals surface area contributed by atoms with E-state index in [-0.39, 0.29) is 11.7 Å². The molecule has 2 aromatic carbocycles. The topological polar surface area (TPSA) is 100 Å². The molecule has 8 heteroatoms. The Morgan fingerprint density at radius 2 is 2.00 bits per heavy atom. The number of benzene rings is 2. The van der Waals surface area contributed by atoms with Gasteiger partial charge < -0.3 is 19.9 Å². The lowest BCUT2D eigenvalue weighted by Crippen LogP contribution is -2.24. The molecule has 1 heterocycles. The van der Waals surface area contributed by atoms with Crippen molar-refractivity contribution in [1.82, 2.24) is 20.6 Å². The van der Waals surface area contributed by atoms with E-state index in [1.807, 2.05) is 31.2 Å². The second kappa shape index (κ2) is 8.79. The molecule has 0 aliphatic rings. The van der Waals surface area contributed by atoms with Gasteiger partial charge in [-0.05, 0) is 55.3 Å². The molecule has 8 nitrogen and oxygen atoms in total. The molecule has 0 spiro atoms. The molecule has 1 N–H and O–H groups in total. The number of aromatic nitrogens is 4. The molecule has 1 amide bonds. The maximum absolute atomic E-state index is 12.9. The Hall–Kier alpha value is -3.42. The van der Waals surface area contributed by atoms with E-state index in [1.165, 1.54) is 0 Å². The molecule has 1 atom stereocenters. The lowest BCUT2D eigenvalue weighted by atomic mass is 9.97. The molecule has 0 bridgehead atoms. The first-order valence-corrected chi connectivity index (χ1v) is 8.55. The van der Waals surface area contributed by atoms with Crippen molar-refractivity contribution >= 4 is 11.6 Å². The number of ether oxygens (including phenoxy) is 2. The van der Waals surface area contributed by atoms with Crippen LogP contribution in [0.4, 0.5) is 5.69 Å². The Balaban J connectivity index is 1.77. The smallest absolute Gasteiger partial charge is 0.232 e. The number of carbonyl (C=O) groups excluding carboxylic acids is 1. The van der Waals surface area contributed by atoms with Gasteiger partial charge in [-0.25, -0.2) is 0 Å². The summed E-state index contributed by atoms with van der Waals surface area (Å²) in [7, 11) is 1.60. The summed E-state index contributed by atoms with van der Waals surface area (Å²) >= 11 is 0. The monoisotopic (exact) mass is 366 g/mol. The number of rotatable bonds is 8. The maximum Gasteiger partial charge on any atom is 0.232 e. The second-order valence-corrected chi connectivity index (χ2v) is 5.79. The second-order valence-electron chi connectivity index (χ2n) is 5.79. The van der Waals surface area contributed by atoms with Crippen molar-refractivity contribution in [1.29, 1.82) is 0 Å². The Morgan fingerprint density at radius 3 is 2.67 bits per heavy atom. The minimum Gasteiger partial charge on any atom is -0.497 e. The van der Waals surface area contributed by atoms with Crippen molar-refractivity contribution in [3.05, 3.63) is 59.9 Å². The van der Waals surface area contributed by atoms with E-state index in [9.17, 15) is 4.79 Å². The van der Waals surface area contributed by atoms with Crippen LogP contribution in [-0.2, 0) is 11.2 Å². The van der Waals surface area contributed by atoms with E-state index in [0.29, 0.717) is 18.7 Å². The van der Waals surface area contributed by atoms with E-state index in [1.54, 1.807) is 31.4 Å². The predicted octanol–water partition coefficient (Wildman–Crippen LogP) is 2.20. The SMILES string of the molecule is CCOc1ccc(NC(=O)[C@H](Cc2cccc(OC)c2)c2nnn[n-]2)cc1. The van der Waals surface area contributed by atoms with Gasteiger partial charge >= 0.3 is 0 Å². The quantitative estimate of drug-likeness (QED) is 0.652. The fourth-order valence-electron chi connectivity index (χ4n) is 2.66. The standard InChI is InChI=1S/C19H21N5O3/c1-3-27-15-9-7-14(8-10-15)20-19(25)17(18-21-23-24-22-18)12-13-5-4-6-16(11-13)26-2/h4-11,17H,3,12H2,1-2H3,(H2,20,21,22,23,24,25)/p-1/t17-/m1/s1. The van der Waals surface area contributed by atoms with Crippen molar-refractivity contribution in [3.63, 3.8) is 0 Å². The third kappa shape index (κ3) is 4.81. The summed E-state index contributed by atoms with van der Waals surface area (Å²) in [5, 5.41) is 17.6. The zero-order valence-electron chi connectivity index (χ0n) is 15.1. The predicted molar refractivity (Wildman–Crippen MR) is 98.8 cm³/mol. The molecule has 0 saturated carbocycles. The Bertz CT molecular complexity index is 865. The first-order chi connectivity index (χ1) is 13.2. The molecule has 0 fully saturated rings. The number of amides is 1. The van der Waals surface area contributed by atoms with Crippen molar-refractivity contribution in [2.45, 2.75) is 19.3 Å². The number of nitrogens with zero attached hydrogens (tertiary/aromatic N) is 4. The average molecular weight is 366 g/mol. The Kier molecular flexibility index (Phi) is 5.98. The van der Waals surface area contributed by atoms with E-state index in [4.69, 9.17) is 9.47 Å². The molecular weight excluding hydrogens is 346 g/mol. The van der Waals surface area contributed by atoms with Gasteiger partial charge in [0.1, 0.15) is 11.5 Å². The van der Waals surface area contributed by atoms with E-state index in [0.717, 1.165) is 17.1 Å². The molecule has 3 rings (SSSR count). The van der Waals surface area contributed by atoms with E-state index < -0.39 is 5.92 Å². The van der Waals surface area contributed by atoms with Crippen molar-refractivity contribution < 1.29 is 14.3 Å². The van der Waals surface area contributed by atoms with Gasteiger partial charge in [0.05, 0.1) is 19.6 Å². The zero-order chi connectivity index (χ0) is 19.1. The van der Waals surface area contributed by atoms with Gasteiger partial charge in [-0.2, -0.15) is 5.21 Å². The third-order valence-electron chi connectivity index (χ3n) is 3.97. The van der Waals surface area contributed by atoms with Crippen LogP contribution < -0.4 is 19.9 Å². The first-order valence-electron chi connectivity index (χ1n) is 8.55. The number of tetrazole rings is 1. The largest absolute Gasteiger partial charge is 0.497 e. The van der Waals surface area contributed by atoms with E-state index >= 15 is 0 Å². The summed E-state index contributed by atoms with van der Waals surface area (Å²) in [5.41, 5.74) is 1.58. The first kappa shape index (κ1) is 18.4. The molecule has 0 aliphatic heterocycles. The van der Waals surface area contributed by atoms with Gasteiger partial charge in [-0.1, -0.05) is 12.1 Å². The van der Waals surface area contributed by atoms with Crippen LogP contribution in [0.2, 0.25) is 0 Å². The minimum atomic E-state index is -0.626. The fraction of sp³-hybridized carbons (Fsp3) is 0.263. The maximum atomic E-state index is 12.9. The molecule has 0 radical (unpaired) electrons. The number of methoxy groups -OCH3 is 1. The van der Waals surface area contributed by atoms with Crippen molar-refractivity contribution in [3.8, 4) is 11.5 Å². The molecule has 1 aromatic heterocycles. The molecule has 0 unspecified atom stereocenters. The Labute approximate surface area is 156 Å². The highest BCUT2D eigenvalue weighted by molar-refractivity contribution is 5.95. The molecule has 3 aromatic rings. The highest BCUT2D eigenvalue weighted by atomic mass is 16.5. The molecular formula is C19H20N5O3-. The van der Waals surface area contributed by atoms with Crippen LogP contribution in [0.25, 0.3) is 0 Å². The molecule has 27 heavy (non-hydrogen) atoms. The van der Waals surface area contributed by atoms with Crippen LogP contribution in [0.15, 0.2) is 48.5 Å². The van der Waals surface area contributed by atoms with Crippen LogP contribution in [-0.4, -0.2) is 35.1 Å². The minimum absolute atomic E-state index is 0.239. The summed E-state index contributed by atoms with van der Waals surface area (Å²) < 4.78 is 10.7. The number of anilines is 1. The van der Waals surface area contributed by atoms with Gasteiger partial charge in [-0.15, -0.1) is 0 Å². The van der Waals surface area contributed by atoms with Crippen LogP contribution >= 0.6 is 0 Å². The summed E-state index contributed by atoms with van der Waals surface area (Å²) in [6.45, 7) is 2.50. The van der Waals surface area contributed by atoms with Gasteiger partial charge in [0.25, 0.3) is 0 Å². The van der Waals surface area contributed by atoms with Crippen LogP contribution in [0.5, 0.6) is 11.5 Å². The normalized spacial score (nSPS) is 11.6. The number of nitrogens with one attached hydrogen (secondary N) is 1.